The number of hydrogen-bond acceptors (Lipinski definition) is 3. The SMILES string of the molecule is CCOC(=O)C(OC)P(Cl)(c1ccccc1)(c1ccccc1)c1ccccc1. The van der Waals surface area contributed by atoms with Crippen LogP contribution in [-0.2, 0) is 14.3 Å². The van der Waals surface area contributed by atoms with E-state index < -0.39 is 17.8 Å². The predicted molar refractivity (Wildman–Crippen MR) is 118 cm³/mol. The van der Waals surface area contributed by atoms with Crippen LogP contribution in [0.4, 0.5) is 0 Å². The molecule has 0 aliphatic heterocycles. The van der Waals surface area contributed by atoms with Crippen molar-refractivity contribution in [2.75, 3.05) is 13.7 Å². The maximum atomic E-state index is 13.1. The van der Waals surface area contributed by atoms with E-state index in [0.29, 0.717) is 0 Å². The summed E-state index contributed by atoms with van der Waals surface area (Å²) < 4.78 is 11.3. The molecule has 146 valence electrons. The van der Waals surface area contributed by atoms with Gasteiger partial charge in [-0.2, -0.15) is 0 Å². The predicted octanol–water partition coefficient (Wildman–Crippen LogP) is 4.21. The van der Waals surface area contributed by atoms with E-state index in [1.807, 2.05) is 91.0 Å². The van der Waals surface area contributed by atoms with Crippen LogP contribution in [0.2, 0.25) is 0 Å². The molecule has 28 heavy (non-hydrogen) atoms. The van der Waals surface area contributed by atoms with Crippen molar-refractivity contribution in [2.24, 2.45) is 0 Å². The molecule has 0 spiro atoms. The first-order chi connectivity index (χ1) is 13.6. The number of ether oxygens (including phenoxy) is 2. The molecule has 0 aromatic heterocycles. The van der Waals surface area contributed by atoms with Crippen LogP contribution in [-0.4, -0.2) is 25.5 Å². The maximum absolute atomic E-state index is 13.1. The molecule has 1 unspecified atom stereocenters. The van der Waals surface area contributed by atoms with Gasteiger partial charge >= 0.3 is 171 Å². The van der Waals surface area contributed by atoms with Crippen LogP contribution in [0.1, 0.15) is 6.92 Å². The molecule has 0 heterocycles. The van der Waals surface area contributed by atoms with Gasteiger partial charge in [-0.25, -0.2) is 0 Å². The summed E-state index contributed by atoms with van der Waals surface area (Å²) in [6.45, 7) is 2.03. The molecule has 0 amide bonds. The Bertz CT molecular complexity index is 817. The van der Waals surface area contributed by atoms with Gasteiger partial charge in [-0.05, 0) is 0 Å². The number of hydrogen-bond donors (Lipinski definition) is 0. The molecule has 0 fully saturated rings. The minimum atomic E-state index is -3.90. The Balaban J connectivity index is 2.49. The van der Waals surface area contributed by atoms with Crippen molar-refractivity contribution in [2.45, 2.75) is 12.8 Å². The number of carbonyl (C=O) groups excluding carboxylic acids is 1. The summed E-state index contributed by atoms with van der Waals surface area (Å²) >= 11 is 7.88. The normalized spacial score (nSPS) is 13.9. The van der Waals surface area contributed by atoms with Gasteiger partial charge in [-0.1, -0.05) is 0 Å². The van der Waals surface area contributed by atoms with Gasteiger partial charge in [0.2, 0.25) is 0 Å². The number of benzene rings is 3. The van der Waals surface area contributed by atoms with E-state index in [4.69, 9.17) is 20.7 Å². The molecule has 0 bridgehead atoms. The van der Waals surface area contributed by atoms with E-state index >= 15 is 0 Å². The molecule has 3 aromatic rings. The van der Waals surface area contributed by atoms with E-state index in [1.165, 1.54) is 7.11 Å². The van der Waals surface area contributed by atoms with Crippen molar-refractivity contribution in [3.63, 3.8) is 0 Å². The summed E-state index contributed by atoms with van der Waals surface area (Å²) in [4.78, 5) is 13.1. The monoisotopic (exact) mass is 414 g/mol. The zero-order valence-corrected chi connectivity index (χ0v) is 17.6. The number of methoxy groups -OCH3 is 1. The van der Waals surface area contributed by atoms with Gasteiger partial charge in [0.25, 0.3) is 0 Å². The first-order valence-electron chi connectivity index (χ1n) is 9.17. The third-order valence-electron chi connectivity index (χ3n) is 4.94. The third kappa shape index (κ3) is 3.14. The average Bonchev–Trinajstić information content (AvgIpc) is 2.76. The Morgan fingerprint density at radius 1 is 0.821 bits per heavy atom. The van der Waals surface area contributed by atoms with E-state index in [1.54, 1.807) is 6.92 Å². The fourth-order valence-electron chi connectivity index (χ4n) is 3.72. The standard InChI is InChI=1S/C23H24ClO3P/c1-3-27-22(25)23(26-2)28(24,19-13-7-4-8-14-19,20-15-9-5-10-16-20)21-17-11-6-12-18-21/h4-18,23H,3H2,1-2H3. The summed E-state index contributed by atoms with van der Waals surface area (Å²) in [6, 6.07) is 29.2. The summed E-state index contributed by atoms with van der Waals surface area (Å²) in [6.07, 6.45) is 0. The molecule has 0 N–H and O–H groups in total. The summed E-state index contributed by atoms with van der Waals surface area (Å²) in [5.74, 6) is -5.35. The molecule has 5 heteroatoms. The Morgan fingerprint density at radius 2 is 1.18 bits per heavy atom. The van der Waals surface area contributed by atoms with Crippen molar-refractivity contribution >= 4 is 39.1 Å². The minimum absolute atomic E-state index is 0.250. The van der Waals surface area contributed by atoms with Gasteiger partial charge in [-0.3, -0.25) is 0 Å². The van der Waals surface area contributed by atoms with E-state index in [0.717, 1.165) is 15.9 Å². The van der Waals surface area contributed by atoms with Crippen LogP contribution in [0.25, 0.3) is 0 Å². The van der Waals surface area contributed by atoms with Gasteiger partial charge in [0.15, 0.2) is 0 Å². The molecular weight excluding hydrogens is 391 g/mol. The van der Waals surface area contributed by atoms with Gasteiger partial charge in [0, 0.05) is 0 Å². The fraction of sp³-hybridized carbons (Fsp3) is 0.174. The second-order valence-electron chi connectivity index (χ2n) is 6.42. The van der Waals surface area contributed by atoms with Crippen molar-refractivity contribution < 1.29 is 14.3 Å². The van der Waals surface area contributed by atoms with Crippen LogP contribution in [0.5, 0.6) is 0 Å². The molecule has 0 aliphatic carbocycles. The molecule has 3 aromatic carbocycles. The van der Waals surface area contributed by atoms with Gasteiger partial charge in [0.1, 0.15) is 0 Å². The third-order valence-corrected chi connectivity index (χ3v) is 12.4. The Hall–Kier alpha value is -2.19. The Morgan fingerprint density at radius 3 is 1.46 bits per heavy atom. The van der Waals surface area contributed by atoms with Crippen molar-refractivity contribution in [3.05, 3.63) is 91.0 Å². The second kappa shape index (κ2) is 8.45. The number of esters is 1. The number of halogens is 1. The quantitative estimate of drug-likeness (QED) is 0.429. The first kappa shape index (κ1) is 20.5. The second-order valence-corrected chi connectivity index (χ2v) is 12.7. The molecule has 3 rings (SSSR count). The van der Waals surface area contributed by atoms with Gasteiger partial charge in [-0.15, -0.1) is 0 Å². The summed E-state index contributed by atoms with van der Waals surface area (Å²) in [5, 5.41) is 2.56. The van der Waals surface area contributed by atoms with Crippen molar-refractivity contribution in [3.8, 4) is 0 Å². The number of rotatable bonds is 7. The van der Waals surface area contributed by atoms with E-state index in [9.17, 15) is 4.79 Å². The van der Waals surface area contributed by atoms with Crippen LogP contribution < -0.4 is 15.9 Å². The zero-order valence-electron chi connectivity index (χ0n) is 16.0. The van der Waals surface area contributed by atoms with Crippen LogP contribution >= 0.6 is 17.2 Å². The molecule has 0 radical (unpaired) electrons. The summed E-state index contributed by atoms with van der Waals surface area (Å²) in [7, 11) is 1.51. The molecule has 1 atom stereocenters. The molecule has 0 saturated carbocycles. The first-order valence-corrected chi connectivity index (χ1v) is 12.4. The van der Waals surface area contributed by atoms with E-state index in [2.05, 4.69) is 0 Å². The Kier molecular flexibility index (Phi) is 6.20. The molecular formula is C23H24ClO3P. The van der Waals surface area contributed by atoms with Gasteiger partial charge in [0.05, 0.1) is 0 Å². The van der Waals surface area contributed by atoms with Crippen LogP contribution in [0.3, 0.4) is 0 Å². The zero-order chi connectivity index (χ0) is 20.1. The van der Waals surface area contributed by atoms with Crippen molar-refractivity contribution in [1.29, 1.82) is 0 Å². The molecule has 0 aliphatic rings. The van der Waals surface area contributed by atoms with Crippen LogP contribution in [0.15, 0.2) is 91.0 Å². The molecule has 0 saturated heterocycles. The van der Waals surface area contributed by atoms with E-state index in [-0.39, 0.29) is 6.61 Å². The average molecular weight is 415 g/mol. The Labute approximate surface area is 171 Å². The summed E-state index contributed by atoms with van der Waals surface area (Å²) in [5.41, 5.74) is 0. The topological polar surface area (TPSA) is 35.5 Å². The number of carbonyl (C=O) groups is 1. The van der Waals surface area contributed by atoms with Gasteiger partial charge < -0.3 is 0 Å². The van der Waals surface area contributed by atoms with Crippen molar-refractivity contribution in [1.82, 2.24) is 0 Å². The molecule has 3 nitrogen and oxygen atoms in total. The fourth-order valence-corrected chi connectivity index (χ4v) is 10.0. The van der Waals surface area contributed by atoms with Crippen LogP contribution in [0, 0.1) is 0 Å².